The van der Waals surface area contributed by atoms with Crippen LogP contribution in [0.3, 0.4) is 0 Å². The third-order valence-electron chi connectivity index (χ3n) is 2.90. The number of rotatable bonds is 4. The molecule has 0 spiro atoms. The van der Waals surface area contributed by atoms with Gasteiger partial charge >= 0.3 is 0 Å². The Morgan fingerprint density at radius 1 is 1.47 bits per heavy atom. The summed E-state index contributed by atoms with van der Waals surface area (Å²) in [6.45, 7) is 5.89. The van der Waals surface area contributed by atoms with E-state index in [-0.39, 0.29) is 6.04 Å². The first kappa shape index (κ1) is 13.2. The highest BCUT2D eigenvalue weighted by Gasteiger charge is 2.16. The Kier molecular flexibility index (Phi) is 4.27. The monoisotopic (exact) mass is 233 g/mol. The lowest BCUT2D eigenvalue weighted by Gasteiger charge is -2.26. The lowest BCUT2D eigenvalue weighted by molar-refractivity contribution is 0.687. The molecule has 0 radical (unpaired) electrons. The van der Waals surface area contributed by atoms with Gasteiger partial charge in [-0.15, -0.1) is 0 Å². The third kappa shape index (κ3) is 2.84. The Bertz CT molecular complexity index is 435. The molecule has 1 atom stereocenters. The molecule has 5 heteroatoms. The lowest BCUT2D eigenvalue weighted by atomic mass is 10.2. The molecular weight excluding hydrogens is 214 g/mol. The minimum atomic E-state index is 0.109. The zero-order valence-electron chi connectivity index (χ0n) is 10.9. The van der Waals surface area contributed by atoms with Crippen LogP contribution in [-0.4, -0.2) is 23.1 Å². The molecule has 0 aromatic carbocycles. The second kappa shape index (κ2) is 5.48. The molecule has 0 aliphatic heterocycles. The van der Waals surface area contributed by atoms with Crippen LogP contribution in [-0.2, 0) is 6.42 Å². The van der Waals surface area contributed by atoms with Gasteiger partial charge in [0, 0.05) is 25.1 Å². The largest absolute Gasteiger partial charge is 0.383 e. The van der Waals surface area contributed by atoms with Crippen LogP contribution in [0.2, 0.25) is 0 Å². The van der Waals surface area contributed by atoms with E-state index in [0.29, 0.717) is 12.2 Å². The summed E-state index contributed by atoms with van der Waals surface area (Å²) in [7, 11) is 1.93. The van der Waals surface area contributed by atoms with Crippen LogP contribution in [0.25, 0.3) is 0 Å². The maximum absolute atomic E-state index is 8.72. The average molecular weight is 233 g/mol. The highest BCUT2D eigenvalue weighted by atomic mass is 15.2. The van der Waals surface area contributed by atoms with Crippen LogP contribution in [0.4, 0.5) is 11.6 Å². The van der Waals surface area contributed by atoms with E-state index < -0.39 is 0 Å². The number of nitrogen functional groups attached to an aromatic ring is 1. The predicted octanol–water partition coefficient (Wildman–Crippen LogP) is 1.67. The van der Waals surface area contributed by atoms with Crippen molar-refractivity contribution < 1.29 is 0 Å². The van der Waals surface area contributed by atoms with Crippen LogP contribution >= 0.6 is 0 Å². The molecule has 0 aliphatic rings. The van der Waals surface area contributed by atoms with Gasteiger partial charge in [-0.2, -0.15) is 5.26 Å². The molecule has 0 saturated carbocycles. The van der Waals surface area contributed by atoms with Gasteiger partial charge in [-0.25, -0.2) is 9.97 Å². The number of nitrogens with zero attached hydrogens (tertiary/aromatic N) is 4. The molecule has 0 saturated heterocycles. The summed E-state index contributed by atoms with van der Waals surface area (Å²) in [5.41, 5.74) is 6.74. The Morgan fingerprint density at radius 2 is 2.12 bits per heavy atom. The number of anilines is 2. The molecule has 1 heterocycles. The van der Waals surface area contributed by atoms with E-state index in [2.05, 4.69) is 16.0 Å². The van der Waals surface area contributed by atoms with Crippen molar-refractivity contribution in [2.24, 2.45) is 0 Å². The number of hydrogen-bond donors (Lipinski definition) is 1. The molecule has 0 aliphatic carbocycles. The quantitative estimate of drug-likeness (QED) is 0.855. The van der Waals surface area contributed by atoms with Crippen molar-refractivity contribution in [3.8, 4) is 6.07 Å². The minimum absolute atomic E-state index is 0.109. The van der Waals surface area contributed by atoms with Crippen molar-refractivity contribution >= 4 is 11.6 Å². The van der Waals surface area contributed by atoms with Crippen molar-refractivity contribution in [2.45, 2.75) is 39.7 Å². The molecule has 0 fully saturated rings. The normalized spacial score (nSPS) is 11.9. The standard InChI is InChI=1S/C12H19N5/c1-5-10-15-11(14)9(3)12(16-10)17(4)8(2)6-7-13/h8H,5-6H2,1-4H3,(H2,14,15,16). The molecule has 0 bridgehead atoms. The predicted molar refractivity (Wildman–Crippen MR) is 68.7 cm³/mol. The summed E-state index contributed by atoms with van der Waals surface area (Å²) in [6.07, 6.45) is 1.21. The second-order valence-electron chi connectivity index (χ2n) is 4.15. The number of nitrogens with two attached hydrogens (primary N) is 1. The van der Waals surface area contributed by atoms with Gasteiger partial charge in [-0.1, -0.05) is 6.92 Å². The SMILES string of the molecule is CCc1nc(N)c(C)c(N(C)C(C)CC#N)n1. The molecule has 92 valence electrons. The number of hydrogen-bond acceptors (Lipinski definition) is 5. The van der Waals surface area contributed by atoms with Crippen molar-refractivity contribution in [1.82, 2.24) is 9.97 Å². The highest BCUT2D eigenvalue weighted by Crippen LogP contribution is 2.22. The van der Waals surface area contributed by atoms with E-state index in [9.17, 15) is 0 Å². The molecule has 1 unspecified atom stereocenters. The first-order valence-electron chi connectivity index (χ1n) is 5.74. The molecule has 1 rings (SSSR count). The van der Waals surface area contributed by atoms with E-state index in [1.807, 2.05) is 32.7 Å². The summed E-state index contributed by atoms with van der Waals surface area (Å²) in [4.78, 5) is 10.7. The van der Waals surface area contributed by atoms with Gasteiger partial charge in [0.2, 0.25) is 0 Å². The fourth-order valence-corrected chi connectivity index (χ4v) is 1.55. The van der Waals surface area contributed by atoms with Crippen LogP contribution < -0.4 is 10.6 Å². The molecule has 1 aromatic rings. The van der Waals surface area contributed by atoms with E-state index in [4.69, 9.17) is 11.0 Å². The van der Waals surface area contributed by atoms with Crippen molar-refractivity contribution in [3.63, 3.8) is 0 Å². The second-order valence-corrected chi connectivity index (χ2v) is 4.15. The average Bonchev–Trinajstić information content (AvgIpc) is 2.31. The maximum atomic E-state index is 8.72. The molecular formula is C12H19N5. The van der Waals surface area contributed by atoms with Gasteiger partial charge in [-0.05, 0) is 13.8 Å². The van der Waals surface area contributed by atoms with Crippen molar-refractivity contribution in [2.75, 3.05) is 17.7 Å². The van der Waals surface area contributed by atoms with Gasteiger partial charge in [0.25, 0.3) is 0 Å². The molecule has 5 nitrogen and oxygen atoms in total. The van der Waals surface area contributed by atoms with E-state index in [1.54, 1.807) is 0 Å². The Labute approximate surface area is 102 Å². The van der Waals surface area contributed by atoms with Crippen LogP contribution in [0.15, 0.2) is 0 Å². The first-order chi connectivity index (χ1) is 8.01. The van der Waals surface area contributed by atoms with Crippen LogP contribution in [0.1, 0.15) is 31.7 Å². The number of aromatic nitrogens is 2. The van der Waals surface area contributed by atoms with E-state index in [0.717, 1.165) is 23.6 Å². The fourth-order valence-electron chi connectivity index (χ4n) is 1.55. The number of nitriles is 1. The van der Waals surface area contributed by atoms with Crippen molar-refractivity contribution in [1.29, 1.82) is 5.26 Å². The Morgan fingerprint density at radius 3 is 2.65 bits per heavy atom. The third-order valence-corrected chi connectivity index (χ3v) is 2.90. The van der Waals surface area contributed by atoms with Gasteiger partial charge in [-0.3, -0.25) is 0 Å². The summed E-state index contributed by atoms with van der Waals surface area (Å²) in [5, 5.41) is 8.72. The van der Waals surface area contributed by atoms with Crippen LogP contribution in [0, 0.1) is 18.3 Å². The molecule has 2 N–H and O–H groups in total. The van der Waals surface area contributed by atoms with Gasteiger partial charge in [0.1, 0.15) is 17.5 Å². The van der Waals surface area contributed by atoms with Crippen LogP contribution in [0.5, 0.6) is 0 Å². The maximum Gasteiger partial charge on any atom is 0.137 e. The summed E-state index contributed by atoms with van der Waals surface area (Å²) < 4.78 is 0. The summed E-state index contributed by atoms with van der Waals surface area (Å²) >= 11 is 0. The van der Waals surface area contributed by atoms with E-state index in [1.165, 1.54) is 0 Å². The molecule has 17 heavy (non-hydrogen) atoms. The van der Waals surface area contributed by atoms with Gasteiger partial charge in [0.15, 0.2) is 0 Å². The Hall–Kier alpha value is -1.83. The first-order valence-corrected chi connectivity index (χ1v) is 5.74. The van der Waals surface area contributed by atoms with Gasteiger partial charge < -0.3 is 10.6 Å². The molecule has 1 aromatic heterocycles. The minimum Gasteiger partial charge on any atom is -0.383 e. The zero-order valence-corrected chi connectivity index (χ0v) is 10.9. The number of aryl methyl sites for hydroxylation is 1. The highest BCUT2D eigenvalue weighted by molar-refractivity contribution is 5.56. The fraction of sp³-hybridized carbons (Fsp3) is 0.583. The van der Waals surface area contributed by atoms with E-state index >= 15 is 0 Å². The molecule has 0 amide bonds. The summed E-state index contributed by atoms with van der Waals surface area (Å²) in [5.74, 6) is 2.07. The zero-order chi connectivity index (χ0) is 13.0. The van der Waals surface area contributed by atoms with Crippen molar-refractivity contribution in [3.05, 3.63) is 11.4 Å². The topological polar surface area (TPSA) is 78.8 Å². The summed E-state index contributed by atoms with van der Waals surface area (Å²) in [6, 6.07) is 2.27. The Balaban J connectivity index is 3.12. The smallest absolute Gasteiger partial charge is 0.137 e. The van der Waals surface area contributed by atoms with Gasteiger partial charge in [0.05, 0.1) is 12.5 Å². The lowest BCUT2D eigenvalue weighted by Crippen LogP contribution is -2.30.